The second-order valence-corrected chi connectivity index (χ2v) is 3.10. The van der Waals surface area contributed by atoms with Crippen LogP contribution in [0.5, 0.6) is 0 Å². The van der Waals surface area contributed by atoms with E-state index in [0.717, 1.165) is 4.90 Å². The van der Waals surface area contributed by atoms with Crippen LogP contribution in [0.25, 0.3) is 0 Å². The molecule has 0 aliphatic rings. The van der Waals surface area contributed by atoms with Crippen LogP contribution in [0.3, 0.4) is 0 Å². The molecule has 0 saturated carbocycles. The number of hydrogen-bond donors (Lipinski definition) is 1. The summed E-state index contributed by atoms with van der Waals surface area (Å²) in [7, 11) is 1.60. The lowest BCUT2D eigenvalue weighted by atomic mass is 10.3. The first kappa shape index (κ1) is 11.8. The lowest BCUT2D eigenvalue weighted by Gasteiger charge is -2.17. The highest BCUT2D eigenvalue weighted by atomic mass is 16.4. The Hall–Kier alpha value is -2.29. The van der Waals surface area contributed by atoms with Crippen molar-refractivity contribution in [2.24, 2.45) is 7.05 Å². The van der Waals surface area contributed by atoms with Gasteiger partial charge in [-0.25, -0.2) is 0 Å². The SMILES string of the molecule is C#CCN(CC(=O)O)C(=O)c1ccnn1C. The summed E-state index contributed by atoms with van der Waals surface area (Å²) < 4.78 is 1.37. The standard InChI is InChI=1S/C10H11N3O3/c1-3-6-13(7-9(14)15)10(16)8-4-5-11-12(8)2/h1,4-5H,6-7H2,2H3,(H,14,15). The number of hydrogen-bond acceptors (Lipinski definition) is 3. The molecule has 0 radical (unpaired) electrons. The average molecular weight is 221 g/mol. The molecule has 6 nitrogen and oxygen atoms in total. The Labute approximate surface area is 92.5 Å². The molecular formula is C10H11N3O3. The van der Waals surface area contributed by atoms with E-state index in [9.17, 15) is 9.59 Å². The summed E-state index contributed by atoms with van der Waals surface area (Å²) in [4.78, 5) is 23.5. The summed E-state index contributed by atoms with van der Waals surface area (Å²) in [6.07, 6.45) is 6.54. The zero-order valence-corrected chi connectivity index (χ0v) is 8.75. The number of aromatic nitrogens is 2. The summed E-state index contributed by atoms with van der Waals surface area (Å²) in [5.74, 6) is 0.698. The normalized spacial score (nSPS) is 9.50. The molecule has 0 atom stereocenters. The molecule has 1 N–H and O–H groups in total. The second-order valence-electron chi connectivity index (χ2n) is 3.10. The van der Waals surface area contributed by atoms with Gasteiger partial charge in [-0.15, -0.1) is 6.42 Å². The van der Waals surface area contributed by atoms with Crippen molar-refractivity contribution in [3.8, 4) is 12.3 Å². The van der Waals surface area contributed by atoms with Crippen molar-refractivity contribution in [2.45, 2.75) is 0 Å². The van der Waals surface area contributed by atoms with Gasteiger partial charge in [0, 0.05) is 13.2 Å². The molecule has 16 heavy (non-hydrogen) atoms. The quantitative estimate of drug-likeness (QED) is 0.701. The van der Waals surface area contributed by atoms with E-state index in [1.54, 1.807) is 7.05 Å². The molecule has 0 aromatic carbocycles. The van der Waals surface area contributed by atoms with Crippen LogP contribution in [-0.2, 0) is 11.8 Å². The van der Waals surface area contributed by atoms with Gasteiger partial charge < -0.3 is 10.0 Å². The van der Waals surface area contributed by atoms with Crippen molar-refractivity contribution in [1.29, 1.82) is 0 Å². The van der Waals surface area contributed by atoms with E-state index in [4.69, 9.17) is 11.5 Å². The number of amides is 1. The van der Waals surface area contributed by atoms with Gasteiger partial charge in [0.1, 0.15) is 12.2 Å². The maximum Gasteiger partial charge on any atom is 0.323 e. The van der Waals surface area contributed by atoms with Gasteiger partial charge in [0.2, 0.25) is 0 Å². The molecule has 1 amide bonds. The second kappa shape index (κ2) is 4.98. The van der Waals surface area contributed by atoms with Gasteiger partial charge in [0.25, 0.3) is 5.91 Å². The third kappa shape index (κ3) is 2.60. The number of rotatable bonds is 4. The Kier molecular flexibility index (Phi) is 3.67. The third-order valence-electron chi connectivity index (χ3n) is 1.94. The van der Waals surface area contributed by atoms with Crippen molar-refractivity contribution < 1.29 is 14.7 Å². The van der Waals surface area contributed by atoms with E-state index in [0.29, 0.717) is 5.69 Å². The lowest BCUT2D eigenvalue weighted by Crippen LogP contribution is -2.36. The minimum atomic E-state index is -1.11. The van der Waals surface area contributed by atoms with E-state index in [1.807, 2.05) is 0 Å². The molecule has 0 unspecified atom stereocenters. The fourth-order valence-corrected chi connectivity index (χ4v) is 1.22. The van der Waals surface area contributed by atoms with Gasteiger partial charge in [-0.1, -0.05) is 5.92 Å². The van der Waals surface area contributed by atoms with Crippen molar-refractivity contribution in [3.05, 3.63) is 18.0 Å². The topological polar surface area (TPSA) is 75.4 Å². The number of carboxylic acid groups (broad SMARTS) is 1. The Morgan fingerprint density at radius 1 is 1.69 bits per heavy atom. The highest BCUT2D eigenvalue weighted by Crippen LogP contribution is 2.02. The fraction of sp³-hybridized carbons (Fsp3) is 0.300. The molecule has 0 aliphatic heterocycles. The molecular weight excluding hydrogens is 210 g/mol. The van der Waals surface area contributed by atoms with Crippen molar-refractivity contribution in [2.75, 3.05) is 13.1 Å². The first-order valence-corrected chi connectivity index (χ1v) is 4.48. The van der Waals surface area contributed by atoms with Crippen LogP contribution in [-0.4, -0.2) is 44.8 Å². The highest BCUT2D eigenvalue weighted by Gasteiger charge is 2.19. The highest BCUT2D eigenvalue weighted by molar-refractivity contribution is 5.94. The summed E-state index contributed by atoms with van der Waals surface area (Å²) in [5.41, 5.74) is 0.302. The number of aryl methyl sites for hydroxylation is 1. The molecule has 0 aliphatic carbocycles. The summed E-state index contributed by atoms with van der Waals surface area (Å²) in [5, 5.41) is 12.5. The Morgan fingerprint density at radius 2 is 2.38 bits per heavy atom. The molecule has 1 aromatic rings. The van der Waals surface area contributed by atoms with E-state index in [-0.39, 0.29) is 6.54 Å². The van der Waals surface area contributed by atoms with E-state index < -0.39 is 18.4 Å². The molecule has 0 spiro atoms. The molecule has 1 rings (SSSR count). The van der Waals surface area contributed by atoms with Gasteiger partial charge in [0.15, 0.2) is 0 Å². The Bertz CT molecular complexity index is 444. The number of carbonyl (C=O) groups excluding carboxylic acids is 1. The summed E-state index contributed by atoms with van der Waals surface area (Å²) >= 11 is 0. The van der Waals surface area contributed by atoms with Crippen molar-refractivity contribution in [3.63, 3.8) is 0 Å². The molecule has 84 valence electrons. The van der Waals surface area contributed by atoms with Crippen molar-refractivity contribution >= 4 is 11.9 Å². The van der Waals surface area contributed by atoms with Gasteiger partial charge in [-0.2, -0.15) is 5.10 Å². The zero-order chi connectivity index (χ0) is 12.1. The smallest absolute Gasteiger partial charge is 0.323 e. The van der Waals surface area contributed by atoms with Gasteiger partial charge in [0.05, 0.1) is 6.54 Å². The summed E-state index contributed by atoms with van der Waals surface area (Å²) in [6.45, 7) is -0.468. The van der Waals surface area contributed by atoms with E-state index in [1.165, 1.54) is 16.9 Å². The van der Waals surface area contributed by atoms with Crippen LogP contribution >= 0.6 is 0 Å². The predicted octanol–water partition coefficient (Wildman–Crippen LogP) is -0.420. The van der Waals surface area contributed by atoms with Crippen molar-refractivity contribution in [1.82, 2.24) is 14.7 Å². The summed E-state index contributed by atoms with van der Waals surface area (Å²) in [6, 6.07) is 1.51. The average Bonchev–Trinajstić information content (AvgIpc) is 2.62. The Balaban J connectivity index is 2.88. The van der Waals surface area contributed by atoms with E-state index >= 15 is 0 Å². The van der Waals surface area contributed by atoms with Crippen LogP contribution in [0.15, 0.2) is 12.3 Å². The number of terminal acetylenes is 1. The van der Waals surface area contributed by atoms with Crippen LogP contribution in [0.1, 0.15) is 10.5 Å². The van der Waals surface area contributed by atoms with Crippen LogP contribution in [0.2, 0.25) is 0 Å². The zero-order valence-electron chi connectivity index (χ0n) is 8.75. The molecule has 6 heteroatoms. The van der Waals surface area contributed by atoms with Crippen LogP contribution in [0.4, 0.5) is 0 Å². The first-order chi connectivity index (χ1) is 7.56. The minimum absolute atomic E-state index is 0.0453. The van der Waals surface area contributed by atoms with Crippen LogP contribution < -0.4 is 0 Å². The maximum atomic E-state index is 11.9. The fourth-order valence-electron chi connectivity index (χ4n) is 1.22. The molecule has 0 saturated heterocycles. The Morgan fingerprint density at radius 3 is 2.81 bits per heavy atom. The van der Waals surface area contributed by atoms with Gasteiger partial charge >= 0.3 is 5.97 Å². The van der Waals surface area contributed by atoms with Gasteiger partial charge in [-0.05, 0) is 6.07 Å². The van der Waals surface area contributed by atoms with Crippen LogP contribution in [0, 0.1) is 12.3 Å². The largest absolute Gasteiger partial charge is 0.480 e. The van der Waals surface area contributed by atoms with Gasteiger partial charge in [-0.3, -0.25) is 14.3 Å². The third-order valence-corrected chi connectivity index (χ3v) is 1.94. The maximum absolute atomic E-state index is 11.9. The lowest BCUT2D eigenvalue weighted by molar-refractivity contribution is -0.137. The number of nitrogens with zero attached hydrogens (tertiary/aromatic N) is 3. The predicted molar refractivity (Wildman–Crippen MR) is 55.6 cm³/mol. The number of carbonyl (C=O) groups is 2. The number of carboxylic acids is 1. The minimum Gasteiger partial charge on any atom is -0.480 e. The molecule has 1 aromatic heterocycles. The van der Waals surface area contributed by atoms with E-state index in [2.05, 4.69) is 11.0 Å². The molecule has 1 heterocycles. The molecule has 0 fully saturated rings. The number of aliphatic carboxylic acids is 1. The monoisotopic (exact) mass is 221 g/mol. The first-order valence-electron chi connectivity index (χ1n) is 4.48. The molecule has 0 bridgehead atoms.